The molecule has 1 heterocycles. The molecule has 1 saturated carbocycles. The molecule has 2 N–H and O–H groups in total. The maximum Gasteiger partial charge on any atom is 0.417 e. The van der Waals surface area contributed by atoms with Crippen molar-refractivity contribution < 1.29 is 18.3 Å². The van der Waals surface area contributed by atoms with Gasteiger partial charge in [-0.2, -0.15) is 13.2 Å². The first kappa shape index (κ1) is 9.27. The van der Waals surface area contributed by atoms with Gasteiger partial charge in [-0.3, -0.25) is 0 Å². The van der Waals surface area contributed by atoms with Crippen molar-refractivity contribution >= 4 is 0 Å². The fourth-order valence-corrected chi connectivity index (χ4v) is 2.54. The Labute approximate surface area is 74.1 Å². The van der Waals surface area contributed by atoms with Crippen LogP contribution in [0.4, 0.5) is 13.2 Å². The fraction of sp³-hybridized carbons (Fsp3) is 1.00. The monoisotopic (exact) mass is 195 g/mol. The summed E-state index contributed by atoms with van der Waals surface area (Å²) in [6, 6.07) is 0. The normalized spacial score (nSPS) is 45.2. The van der Waals surface area contributed by atoms with Gasteiger partial charge in [0.2, 0.25) is 0 Å². The summed E-state index contributed by atoms with van der Waals surface area (Å²) in [7, 11) is 0. The van der Waals surface area contributed by atoms with Gasteiger partial charge in [-0.25, -0.2) is 0 Å². The zero-order valence-corrected chi connectivity index (χ0v) is 7.06. The molecule has 1 aliphatic carbocycles. The van der Waals surface area contributed by atoms with E-state index in [1.54, 1.807) is 0 Å². The summed E-state index contributed by atoms with van der Waals surface area (Å²) in [6.45, 7) is 0.906. The summed E-state index contributed by atoms with van der Waals surface area (Å²) in [5, 5.41) is 12.4. The van der Waals surface area contributed by atoms with Gasteiger partial charge >= 0.3 is 6.18 Å². The summed E-state index contributed by atoms with van der Waals surface area (Å²) in [4.78, 5) is 0. The van der Waals surface area contributed by atoms with Crippen molar-refractivity contribution in [3.8, 4) is 0 Å². The standard InChI is InChI=1S/C8H12F3NO/c9-8(10,11)7(13)2-1-5-3-12-4-6(5)7/h5-6,12-13H,1-4H2. The van der Waals surface area contributed by atoms with Crippen molar-refractivity contribution in [2.75, 3.05) is 13.1 Å². The van der Waals surface area contributed by atoms with E-state index < -0.39 is 17.7 Å². The Morgan fingerprint density at radius 3 is 2.62 bits per heavy atom. The molecule has 1 aliphatic heterocycles. The lowest BCUT2D eigenvalue weighted by molar-refractivity contribution is -0.272. The molecule has 0 spiro atoms. The van der Waals surface area contributed by atoms with Crippen LogP contribution in [0.25, 0.3) is 0 Å². The molecule has 0 aromatic carbocycles. The Morgan fingerprint density at radius 1 is 1.31 bits per heavy atom. The Morgan fingerprint density at radius 2 is 2.00 bits per heavy atom. The van der Waals surface area contributed by atoms with Gasteiger partial charge in [-0.05, 0) is 25.3 Å². The first-order chi connectivity index (χ1) is 5.95. The molecule has 13 heavy (non-hydrogen) atoms. The van der Waals surface area contributed by atoms with Crippen LogP contribution in [0.1, 0.15) is 12.8 Å². The van der Waals surface area contributed by atoms with Crippen LogP contribution in [-0.4, -0.2) is 30.0 Å². The second-order valence-electron chi connectivity index (χ2n) is 3.99. The second-order valence-corrected chi connectivity index (χ2v) is 3.99. The number of hydrogen-bond donors (Lipinski definition) is 2. The minimum Gasteiger partial charge on any atom is -0.380 e. The van der Waals surface area contributed by atoms with Crippen LogP contribution in [0.2, 0.25) is 0 Å². The smallest absolute Gasteiger partial charge is 0.380 e. The molecule has 2 nitrogen and oxygen atoms in total. The molecule has 76 valence electrons. The average molecular weight is 195 g/mol. The van der Waals surface area contributed by atoms with E-state index >= 15 is 0 Å². The summed E-state index contributed by atoms with van der Waals surface area (Å²) in [5.41, 5.74) is -2.43. The molecular formula is C8H12F3NO. The van der Waals surface area contributed by atoms with Crippen LogP contribution >= 0.6 is 0 Å². The summed E-state index contributed by atoms with van der Waals surface area (Å²) < 4.78 is 37.5. The molecule has 3 unspecified atom stereocenters. The maximum atomic E-state index is 12.5. The molecular weight excluding hydrogens is 183 g/mol. The number of nitrogens with one attached hydrogen (secondary N) is 1. The molecule has 2 rings (SSSR count). The van der Waals surface area contributed by atoms with E-state index in [2.05, 4.69) is 5.32 Å². The van der Waals surface area contributed by atoms with E-state index in [0.717, 1.165) is 0 Å². The summed E-state index contributed by atoms with van der Waals surface area (Å²) in [5.74, 6) is -0.626. The highest BCUT2D eigenvalue weighted by Gasteiger charge is 2.63. The van der Waals surface area contributed by atoms with Gasteiger partial charge in [0.1, 0.15) is 0 Å². The highest BCUT2D eigenvalue weighted by atomic mass is 19.4. The molecule has 0 aromatic rings. The second kappa shape index (κ2) is 2.60. The Hall–Kier alpha value is -0.290. The van der Waals surface area contributed by atoms with Crippen molar-refractivity contribution in [3.05, 3.63) is 0 Å². The number of alkyl halides is 3. The van der Waals surface area contributed by atoms with Crippen LogP contribution in [0.15, 0.2) is 0 Å². The van der Waals surface area contributed by atoms with Crippen molar-refractivity contribution in [1.29, 1.82) is 0 Å². The van der Waals surface area contributed by atoms with Gasteiger partial charge in [0.05, 0.1) is 0 Å². The van der Waals surface area contributed by atoms with E-state index in [1.165, 1.54) is 0 Å². The molecule has 0 aromatic heterocycles. The van der Waals surface area contributed by atoms with E-state index in [4.69, 9.17) is 0 Å². The van der Waals surface area contributed by atoms with E-state index in [1.807, 2.05) is 0 Å². The Balaban J connectivity index is 2.24. The van der Waals surface area contributed by atoms with Gasteiger partial charge < -0.3 is 10.4 Å². The molecule has 0 radical (unpaired) electrons. The van der Waals surface area contributed by atoms with Gasteiger partial charge in [0.15, 0.2) is 5.60 Å². The van der Waals surface area contributed by atoms with Crippen molar-refractivity contribution in [2.45, 2.75) is 24.6 Å². The highest BCUT2D eigenvalue weighted by molar-refractivity contribution is 5.05. The van der Waals surface area contributed by atoms with Crippen molar-refractivity contribution in [1.82, 2.24) is 5.32 Å². The van der Waals surface area contributed by atoms with Gasteiger partial charge in [-0.15, -0.1) is 0 Å². The predicted octanol–water partition coefficient (Wildman–Crippen LogP) is 0.909. The van der Waals surface area contributed by atoms with E-state index in [-0.39, 0.29) is 12.3 Å². The Kier molecular flexibility index (Phi) is 1.86. The van der Waals surface area contributed by atoms with Gasteiger partial charge in [0.25, 0.3) is 0 Å². The zero-order valence-electron chi connectivity index (χ0n) is 7.06. The zero-order chi connectivity index (χ0) is 9.69. The van der Waals surface area contributed by atoms with Crippen molar-refractivity contribution in [2.24, 2.45) is 11.8 Å². The number of halogens is 3. The molecule has 2 fully saturated rings. The number of aliphatic hydroxyl groups is 1. The minimum absolute atomic E-state index is 0.00613. The van der Waals surface area contributed by atoms with Crippen LogP contribution in [-0.2, 0) is 0 Å². The molecule has 2 aliphatic rings. The SMILES string of the molecule is OC1(C(F)(F)F)CCC2CNCC21. The number of hydrogen-bond acceptors (Lipinski definition) is 2. The maximum absolute atomic E-state index is 12.5. The van der Waals surface area contributed by atoms with Crippen LogP contribution in [0.5, 0.6) is 0 Å². The van der Waals surface area contributed by atoms with Gasteiger partial charge in [0, 0.05) is 12.5 Å². The minimum atomic E-state index is -4.47. The lowest BCUT2D eigenvalue weighted by atomic mass is 9.87. The quantitative estimate of drug-likeness (QED) is 0.602. The van der Waals surface area contributed by atoms with Crippen molar-refractivity contribution in [3.63, 3.8) is 0 Å². The summed E-state index contributed by atoms with van der Waals surface area (Å²) >= 11 is 0. The fourth-order valence-electron chi connectivity index (χ4n) is 2.54. The third-order valence-electron chi connectivity index (χ3n) is 3.34. The predicted molar refractivity (Wildman–Crippen MR) is 40.1 cm³/mol. The van der Waals surface area contributed by atoms with Crippen LogP contribution in [0.3, 0.4) is 0 Å². The van der Waals surface area contributed by atoms with E-state index in [0.29, 0.717) is 19.5 Å². The first-order valence-corrected chi connectivity index (χ1v) is 4.45. The number of fused-ring (bicyclic) bond motifs is 1. The lowest BCUT2D eigenvalue weighted by Gasteiger charge is -2.31. The molecule has 3 atom stereocenters. The molecule has 1 saturated heterocycles. The third kappa shape index (κ3) is 1.17. The molecule has 0 bridgehead atoms. The Bertz CT molecular complexity index is 218. The number of rotatable bonds is 0. The molecule has 0 amide bonds. The highest BCUT2D eigenvalue weighted by Crippen LogP contribution is 2.50. The van der Waals surface area contributed by atoms with E-state index in [9.17, 15) is 18.3 Å². The largest absolute Gasteiger partial charge is 0.417 e. The molecule has 5 heteroatoms. The topological polar surface area (TPSA) is 32.3 Å². The third-order valence-corrected chi connectivity index (χ3v) is 3.34. The van der Waals surface area contributed by atoms with Crippen LogP contribution in [0, 0.1) is 11.8 Å². The summed E-state index contributed by atoms with van der Waals surface area (Å²) in [6.07, 6.45) is -4.13. The first-order valence-electron chi connectivity index (χ1n) is 4.45. The van der Waals surface area contributed by atoms with Crippen LogP contribution < -0.4 is 5.32 Å². The lowest BCUT2D eigenvalue weighted by Crippen LogP contribution is -2.49. The van der Waals surface area contributed by atoms with Gasteiger partial charge in [-0.1, -0.05) is 0 Å². The average Bonchev–Trinajstić information content (AvgIpc) is 2.52.